The van der Waals surface area contributed by atoms with E-state index in [2.05, 4.69) is 9.97 Å². The minimum atomic E-state index is -0.343. The van der Waals surface area contributed by atoms with Crippen molar-refractivity contribution < 1.29 is 9.18 Å². The van der Waals surface area contributed by atoms with Crippen molar-refractivity contribution in [1.29, 1.82) is 0 Å². The number of benzene rings is 2. The summed E-state index contributed by atoms with van der Waals surface area (Å²) < 4.78 is 14.5. The molecule has 2 aromatic carbocycles. The summed E-state index contributed by atoms with van der Waals surface area (Å²) >= 11 is 0. The van der Waals surface area contributed by atoms with Crippen LogP contribution in [0.1, 0.15) is 43.0 Å². The van der Waals surface area contributed by atoms with Gasteiger partial charge in [0.25, 0.3) is 0 Å². The van der Waals surface area contributed by atoms with E-state index in [-0.39, 0.29) is 23.7 Å². The average molecular weight is 404 g/mol. The van der Waals surface area contributed by atoms with Crippen molar-refractivity contribution in [2.24, 2.45) is 0 Å². The van der Waals surface area contributed by atoms with Gasteiger partial charge in [0, 0.05) is 30.3 Å². The molecule has 1 unspecified atom stereocenters. The maximum atomic E-state index is 14.5. The molecule has 0 radical (unpaired) electrons. The molecule has 6 heteroatoms. The Labute approximate surface area is 175 Å². The second kappa shape index (κ2) is 9.03. The number of nitrogens with two attached hydrogens (primary N) is 1. The van der Waals surface area contributed by atoms with Crippen molar-refractivity contribution in [1.82, 2.24) is 14.9 Å². The minimum absolute atomic E-state index is 0.0835. The van der Waals surface area contributed by atoms with Crippen molar-refractivity contribution in [2.45, 2.75) is 38.1 Å². The molecular weight excluding hydrogens is 379 g/mol. The van der Waals surface area contributed by atoms with E-state index in [1.807, 2.05) is 35.2 Å². The molecule has 154 valence electrons. The molecule has 0 bridgehead atoms. The lowest BCUT2D eigenvalue weighted by atomic mass is 9.93. The second-order valence-corrected chi connectivity index (χ2v) is 7.59. The summed E-state index contributed by atoms with van der Waals surface area (Å²) in [6.45, 7) is 0.666. The van der Waals surface area contributed by atoms with E-state index in [1.54, 1.807) is 24.4 Å². The van der Waals surface area contributed by atoms with Crippen molar-refractivity contribution in [3.63, 3.8) is 0 Å². The Morgan fingerprint density at radius 1 is 1.07 bits per heavy atom. The van der Waals surface area contributed by atoms with Crippen LogP contribution in [0.25, 0.3) is 11.1 Å². The molecule has 0 saturated carbocycles. The summed E-state index contributed by atoms with van der Waals surface area (Å²) in [6, 6.07) is 16.3. The van der Waals surface area contributed by atoms with Crippen LogP contribution in [0.15, 0.2) is 60.8 Å². The Morgan fingerprint density at radius 2 is 1.83 bits per heavy atom. The van der Waals surface area contributed by atoms with Crippen LogP contribution in [0.4, 0.5) is 10.3 Å². The van der Waals surface area contributed by atoms with Gasteiger partial charge >= 0.3 is 0 Å². The molecule has 1 aliphatic heterocycles. The monoisotopic (exact) mass is 404 g/mol. The lowest BCUT2D eigenvalue weighted by Crippen LogP contribution is -2.39. The zero-order chi connectivity index (χ0) is 20.9. The summed E-state index contributed by atoms with van der Waals surface area (Å²) in [5.74, 6) is -0.127. The van der Waals surface area contributed by atoms with Crippen molar-refractivity contribution in [2.75, 3.05) is 12.3 Å². The molecule has 1 fully saturated rings. The SMILES string of the molecule is Nc1ncc(-c2ccccc2F)c(C2CCCCN2C(=O)CCc2ccccc2)n1. The first kappa shape index (κ1) is 20.0. The number of amides is 1. The first-order valence-corrected chi connectivity index (χ1v) is 10.3. The Morgan fingerprint density at radius 3 is 2.63 bits per heavy atom. The van der Waals surface area contributed by atoms with Gasteiger partial charge in [-0.2, -0.15) is 0 Å². The Balaban J connectivity index is 1.63. The molecular formula is C24H25FN4O. The largest absolute Gasteiger partial charge is 0.368 e. The molecule has 3 aromatic rings. The van der Waals surface area contributed by atoms with Gasteiger partial charge in [-0.15, -0.1) is 0 Å². The predicted molar refractivity (Wildman–Crippen MR) is 115 cm³/mol. The molecule has 5 nitrogen and oxygen atoms in total. The van der Waals surface area contributed by atoms with Crippen LogP contribution in [-0.4, -0.2) is 27.3 Å². The molecule has 1 aromatic heterocycles. The maximum absolute atomic E-state index is 14.5. The van der Waals surface area contributed by atoms with Crippen molar-refractivity contribution in [3.05, 3.63) is 77.9 Å². The van der Waals surface area contributed by atoms with Gasteiger partial charge in [-0.3, -0.25) is 4.79 Å². The smallest absolute Gasteiger partial charge is 0.223 e. The Kier molecular flexibility index (Phi) is 6.02. The van der Waals surface area contributed by atoms with E-state index in [0.717, 1.165) is 24.8 Å². The zero-order valence-electron chi connectivity index (χ0n) is 16.8. The normalized spacial score (nSPS) is 16.4. The third-order valence-electron chi connectivity index (χ3n) is 5.61. The molecule has 1 atom stereocenters. The number of aryl methyl sites for hydroxylation is 1. The number of rotatable bonds is 5. The van der Waals surface area contributed by atoms with Crippen LogP contribution in [0.5, 0.6) is 0 Å². The van der Waals surface area contributed by atoms with Crippen molar-refractivity contribution in [3.8, 4) is 11.1 Å². The predicted octanol–water partition coefficient (Wildman–Crippen LogP) is 4.55. The zero-order valence-corrected chi connectivity index (χ0v) is 16.8. The summed E-state index contributed by atoms with van der Waals surface area (Å²) in [4.78, 5) is 23.6. The first-order chi connectivity index (χ1) is 14.6. The minimum Gasteiger partial charge on any atom is -0.368 e. The Bertz CT molecular complexity index is 1020. The molecule has 1 saturated heterocycles. The number of hydrogen-bond acceptors (Lipinski definition) is 4. The van der Waals surface area contributed by atoms with E-state index >= 15 is 0 Å². The van der Waals surface area contributed by atoms with Gasteiger partial charge in [0.1, 0.15) is 5.82 Å². The van der Waals surface area contributed by atoms with Gasteiger partial charge in [-0.1, -0.05) is 48.5 Å². The summed E-state index contributed by atoms with van der Waals surface area (Å²) in [5.41, 5.74) is 8.67. The van der Waals surface area contributed by atoms with Gasteiger partial charge in [-0.05, 0) is 37.3 Å². The lowest BCUT2D eigenvalue weighted by Gasteiger charge is -2.36. The third kappa shape index (κ3) is 4.32. The lowest BCUT2D eigenvalue weighted by molar-refractivity contribution is -0.135. The van der Waals surface area contributed by atoms with E-state index in [9.17, 15) is 9.18 Å². The topological polar surface area (TPSA) is 72.1 Å². The molecule has 30 heavy (non-hydrogen) atoms. The number of nitrogen functional groups attached to an aromatic ring is 1. The highest BCUT2D eigenvalue weighted by atomic mass is 19.1. The number of piperidine rings is 1. The number of carbonyl (C=O) groups is 1. The fourth-order valence-electron chi connectivity index (χ4n) is 4.10. The van der Waals surface area contributed by atoms with E-state index in [1.165, 1.54) is 6.07 Å². The van der Waals surface area contributed by atoms with Crippen LogP contribution < -0.4 is 5.73 Å². The molecule has 2 heterocycles. The van der Waals surface area contributed by atoms with E-state index < -0.39 is 0 Å². The van der Waals surface area contributed by atoms with E-state index in [0.29, 0.717) is 36.2 Å². The highest BCUT2D eigenvalue weighted by Crippen LogP contribution is 2.37. The van der Waals surface area contributed by atoms with Gasteiger partial charge in [-0.25, -0.2) is 14.4 Å². The van der Waals surface area contributed by atoms with Gasteiger partial charge in [0.15, 0.2) is 0 Å². The Hall–Kier alpha value is -3.28. The molecule has 0 spiro atoms. The van der Waals surface area contributed by atoms with Crippen LogP contribution in [-0.2, 0) is 11.2 Å². The number of anilines is 1. The standard InChI is InChI=1S/C24H25FN4O/c25-20-11-5-4-10-18(20)19-16-27-24(26)28-23(19)21-12-6-7-15-29(21)22(30)14-13-17-8-2-1-3-9-17/h1-5,8-11,16,21H,6-7,12-15H2,(H2,26,27,28). The van der Waals surface area contributed by atoms with E-state index in [4.69, 9.17) is 5.73 Å². The van der Waals surface area contributed by atoms with Crippen LogP contribution >= 0.6 is 0 Å². The van der Waals surface area contributed by atoms with Crippen LogP contribution in [0, 0.1) is 5.82 Å². The highest BCUT2D eigenvalue weighted by molar-refractivity contribution is 5.78. The highest BCUT2D eigenvalue weighted by Gasteiger charge is 2.31. The number of likely N-dealkylation sites (tertiary alicyclic amines) is 1. The molecule has 2 N–H and O–H groups in total. The average Bonchev–Trinajstić information content (AvgIpc) is 2.79. The fourth-order valence-corrected chi connectivity index (χ4v) is 4.10. The van der Waals surface area contributed by atoms with Gasteiger partial charge < -0.3 is 10.6 Å². The summed E-state index contributed by atoms with van der Waals surface area (Å²) in [7, 11) is 0. The number of aromatic nitrogens is 2. The molecule has 4 rings (SSSR count). The second-order valence-electron chi connectivity index (χ2n) is 7.59. The fraction of sp³-hybridized carbons (Fsp3) is 0.292. The summed E-state index contributed by atoms with van der Waals surface area (Å²) in [6.07, 6.45) is 5.38. The number of carbonyl (C=O) groups excluding carboxylic acids is 1. The number of halogens is 1. The molecule has 1 amide bonds. The van der Waals surface area contributed by atoms with Crippen molar-refractivity contribution >= 4 is 11.9 Å². The van der Waals surface area contributed by atoms with Gasteiger partial charge in [0.2, 0.25) is 11.9 Å². The first-order valence-electron chi connectivity index (χ1n) is 10.3. The third-order valence-corrected chi connectivity index (χ3v) is 5.61. The summed E-state index contributed by atoms with van der Waals surface area (Å²) in [5, 5.41) is 0. The van der Waals surface area contributed by atoms with Gasteiger partial charge in [0.05, 0.1) is 11.7 Å². The van der Waals surface area contributed by atoms with Crippen LogP contribution in [0.3, 0.4) is 0 Å². The number of hydrogen-bond donors (Lipinski definition) is 1. The molecule has 0 aliphatic carbocycles. The quantitative estimate of drug-likeness (QED) is 0.677. The number of nitrogens with zero attached hydrogens (tertiary/aromatic N) is 3. The van der Waals surface area contributed by atoms with Crippen LogP contribution in [0.2, 0.25) is 0 Å². The maximum Gasteiger partial charge on any atom is 0.223 e. The molecule has 1 aliphatic rings.